The van der Waals surface area contributed by atoms with Crippen LogP contribution in [0, 0.1) is 0 Å². The van der Waals surface area contributed by atoms with Gasteiger partial charge in [-0.3, -0.25) is 0 Å². The van der Waals surface area contributed by atoms with Gasteiger partial charge in [-0.25, -0.2) is 9.13 Å². The molecule has 4 nitrogen and oxygen atoms in total. The van der Waals surface area contributed by atoms with E-state index in [2.05, 4.69) is 53.6 Å². The first-order chi connectivity index (χ1) is 9.75. The fraction of sp³-hybridized carbons (Fsp3) is 0.188. The molecule has 108 valence electrons. The Labute approximate surface area is 128 Å². The van der Waals surface area contributed by atoms with E-state index in [0.717, 1.165) is 22.9 Å². The molecule has 4 rings (SSSR count). The molecule has 0 saturated carbocycles. The molecule has 0 spiro atoms. The highest BCUT2D eigenvalue weighted by atomic mass is 35.5. The molecule has 0 saturated heterocycles. The maximum atomic E-state index is 5.47. The smallest absolute Gasteiger partial charge is 0.289 e. The van der Waals surface area contributed by atoms with Gasteiger partial charge < -0.3 is 21.9 Å². The third-order valence-corrected chi connectivity index (χ3v) is 3.87. The Hall–Kier alpha value is -2.20. The summed E-state index contributed by atoms with van der Waals surface area (Å²) in [6.45, 7) is 0.306. The summed E-state index contributed by atoms with van der Waals surface area (Å²) in [5, 5.41) is 0. The van der Waals surface area contributed by atoms with Crippen LogP contribution in [-0.4, -0.2) is 11.4 Å². The summed E-state index contributed by atoms with van der Waals surface area (Å²) in [5.41, 5.74) is 3.54. The van der Waals surface area contributed by atoms with Crippen molar-refractivity contribution in [3.05, 3.63) is 42.5 Å². The van der Waals surface area contributed by atoms with Gasteiger partial charge in [0.2, 0.25) is 6.79 Å². The second-order valence-corrected chi connectivity index (χ2v) is 5.00. The van der Waals surface area contributed by atoms with E-state index in [4.69, 9.17) is 9.47 Å². The Kier molecular flexibility index (Phi) is 3.26. The Balaban J connectivity index is 0.00000132. The molecule has 5 heteroatoms. The highest BCUT2D eigenvalue weighted by molar-refractivity contribution is 5.76. The zero-order valence-corrected chi connectivity index (χ0v) is 12.6. The maximum Gasteiger partial charge on any atom is 0.289 e. The predicted molar refractivity (Wildman–Crippen MR) is 75.7 cm³/mol. The van der Waals surface area contributed by atoms with Gasteiger partial charge in [-0.05, 0) is 30.3 Å². The second-order valence-electron chi connectivity index (χ2n) is 5.00. The summed E-state index contributed by atoms with van der Waals surface area (Å²) in [5.74, 6) is 2.77. The Morgan fingerprint density at radius 2 is 1.81 bits per heavy atom. The number of halogens is 1. The maximum absolute atomic E-state index is 5.47. The summed E-state index contributed by atoms with van der Waals surface area (Å²) in [6, 6.07) is 14.5. The third kappa shape index (κ3) is 1.94. The lowest BCUT2D eigenvalue weighted by Crippen LogP contribution is -3.00. The van der Waals surface area contributed by atoms with Gasteiger partial charge in [-0.15, -0.1) is 0 Å². The normalized spacial score (nSPS) is 12.5. The van der Waals surface area contributed by atoms with Crippen molar-refractivity contribution in [2.24, 2.45) is 14.1 Å². The van der Waals surface area contributed by atoms with E-state index in [1.165, 1.54) is 11.0 Å². The fourth-order valence-electron chi connectivity index (χ4n) is 2.91. The van der Waals surface area contributed by atoms with Crippen LogP contribution in [0.3, 0.4) is 0 Å². The zero-order valence-electron chi connectivity index (χ0n) is 11.8. The summed E-state index contributed by atoms with van der Waals surface area (Å²) in [7, 11) is 4.17. The molecule has 21 heavy (non-hydrogen) atoms. The number of benzene rings is 2. The van der Waals surface area contributed by atoms with Crippen molar-refractivity contribution in [2.45, 2.75) is 0 Å². The molecule has 2 heterocycles. The number of hydrogen-bond donors (Lipinski definition) is 0. The summed E-state index contributed by atoms with van der Waals surface area (Å²) >= 11 is 0. The lowest BCUT2D eigenvalue weighted by atomic mass is 10.2. The molecule has 0 amide bonds. The van der Waals surface area contributed by atoms with Gasteiger partial charge in [0.15, 0.2) is 22.5 Å². The summed E-state index contributed by atoms with van der Waals surface area (Å²) in [6.07, 6.45) is 0. The van der Waals surface area contributed by atoms with E-state index >= 15 is 0 Å². The van der Waals surface area contributed by atoms with Crippen LogP contribution in [0.25, 0.3) is 22.4 Å². The molecule has 0 N–H and O–H groups in total. The highest BCUT2D eigenvalue weighted by Crippen LogP contribution is 2.35. The number of fused-ring (bicyclic) bond motifs is 2. The number of imidazole rings is 1. The minimum Gasteiger partial charge on any atom is -1.00 e. The van der Waals surface area contributed by atoms with Crippen molar-refractivity contribution in [1.29, 1.82) is 0 Å². The molecule has 0 radical (unpaired) electrons. The summed E-state index contributed by atoms with van der Waals surface area (Å²) in [4.78, 5) is 0. The third-order valence-electron chi connectivity index (χ3n) is 3.87. The molecule has 0 fully saturated rings. The van der Waals surface area contributed by atoms with Gasteiger partial charge in [0.25, 0.3) is 5.82 Å². The molecule has 0 bridgehead atoms. The molecule has 0 atom stereocenters. The average molecular weight is 303 g/mol. The quantitative estimate of drug-likeness (QED) is 0.562. The second kappa shape index (κ2) is 4.97. The van der Waals surface area contributed by atoms with Crippen LogP contribution in [-0.2, 0) is 14.1 Å². The van der Waals surface area contributed by atoms with E-state index < -0.39 is 0 Å². The number of rotatable bonds is 1. The minimum atomic E-state index is 0. The lowest BCUT2D eigenvalue weighted by Gasteiger charge is -2.01. The van der Waals surface area contributed by atoms with Gasteiger partial charge in [0.1, 0.15) is 0 Å². The predicted octanol–water partition coefficient (Wildman–Crippen LogP) is -0.597. The number of aromatic nitrogens is 2. The molecule has 2 aromatic carbocycles. The lowest BCUT2D eigenvalue weighted by molar-refractivity contribution is -0.634. The van der Waals surface area contributed by atoms with Gasteiger partial charge in [-0.1, -0.05) is 12.1 Å². The van der Waals surface area contributed by atoms with Crippen molar-refractivity contribution in [3.8, 4) is 22.9 Å². The van der Waals surface area contributed by atoms with Crippen LogP contribution >= 0.6 is 0 Å². The topological polar surface area (TPSA) is 27.3 Å². The molecule has 0 aliphatic carbocycles. The van der Waals surface area contributed by atoms with Crippen LogP contribution in [0.15, 0.2) is 42.5 Å². The van der Waals surface area contributed by atoms with Gasteiger partial charge >= 0.3 is 0 Å². The first kappa shape index (κ1) is 13.8. The molecule has 1 aliphatic heterocycles. The van der Waals surface area contributed by atoms with E-state index in [9.17, 15) is 0 Å². The number of aryl methyl sites for hydroxylation is 2. The largest absolute Gasteiger partial charge is 1.00 e. The molecular formula is C16H15ClN2O2. The average Bonchev–Trinajstić information content (AvgIpc) is 3.03. The Morgan fingerprint density at radius 1 is 1.05 bits per heavy atom. The van der Waals surface area contributed by atoms with Crippen molar-refractivity contribution in [3.63, 3.8) is 0 Å². The molecule has 0 unspecified atom stereocenters. The van der Waals surface area contributed by atoms with Crippen molar-refractivity contribution in [1.82, 2.24) is 4.57 Å². The summed E-state index contributed by atoms with van der Waals surface area (Å²) < 4.78 is 15.2. The molecular weight excluding hydrogens is 288 g/mol. The standard InChI is InChI=1S/C16H15N2O2.ClH/c1-17-12-5-3-4-6-13(12)18(2)16(17)11-7-8-14-15(9-11)20-10-19-14;/h3-9H,10H2,1-2H3;1H/q+1;/p-1. The Bertz CT molecular complexity index is 788. The molecule has 1 aliphatic rings. The van der Waals surface area contributed by atoms with Crippen LogP contribution in [0.1, 0.15) is 0 Å². The zero-order chi connectivity index (χ0) is 13.7. The van der Waals surface area contributed by atoms with E-state index in [1.807, 2.05) is 12.1 Å². The van der Waals surface area contributed by atoms with Crippen molar-refractivity contribution >= 4 is 11.0 Å². The van der Waals surface area contributed by atoms with Gasteiger partial charge in [0, 0.05) is 0 Å². The Morgan fingerprint density at radius 3 is 2.62 bits per heavy atom. The van der Waals surface area contributed by atoms with Gasteiger partial charge in [0.05, 0.1) is 19.7 Å². The molecule has 1 aromatic heterocycles. The SMILES string of the molecule is Cn1c(-c2ccc3c(c2)OCO3)[n+](C)c2ccccc21.[Cl-]. The number of ether oxygens (including phenoxy) is 2. The number of hydrogen-bond acceptors (Lipinski definition) is 2. The van der Waals surface area contributed by atoms with Crippen LogP contribution in [0.4, 0.5) is 0 Å². The number of nitrogens with zero attached hydrogens (tertiary/aromatic N) is 2. The van der Waals surface area contributed by atoms with E-state index in [1.54, 1.807) is 0 Å². The van der Waals surface area contributed by atoms with Crippen molar-refractivity contribution in [2.75, 3.05) is 6.79 Å². The monoisotopic (exact) mass is 302 g/mol. The first-order valence-electron chi connectivity index (χ1n) is 6.59. The van der Waals surface area contributed by atoms with Crippen LogP contribution in [0.2, 0.25) is 0 Å². The first-order valence-corrected chi connectivity index (χ1v) is 6.59. The van der Waals surface area contributed by atoms with Gasteiger partial charge in [-0.2, -0.15) is 0 Å². The van der Waals surface area contributed by atoms with Crippen LogP contribution < -0.4 is 26.4 Å². The van der Waals surface area contributed by atoms with E-state index in [0.29, 0.717) is 6.79 Å². The highest BCUT2D eigenvalue weighted by Gasteiger charge is 2.23. The fourth-order valence-corrected chi connectivity index (χ4v) is 2.91. The minimum absolute atomic E-state index is 0. The van der Waals surface area contributed by atoms with E-state index in [-0.39, 0.29) is 12.4 Å². The van der Waals surface area contributed by atoms with Crippen LogP contribution in [0.5, 0.6) is 11.5 Å². The molecule has 3 aromatic rings. The number of para-hydroxylation sites is 2. The van der Waals surface area contributed by atoms with Crippen molar-refractivity contribution < 1.29 is 26.4 Å².